The number of carboxylic acid groups (broad SMARTS) is 1. The zero-order valence-corrected chi connectivity index (χ0v) is 8.97. The first-order valence-corrected chi connectivity index (χ1v) is 5.01. The number of carbonyl (C=O) groups excluding carboxylic acids is 1. The van der Waals surface area contributed by atoms with Crippen LogP contribution in [0.5, 0.6) is 0 Å². The second-order valence-electron chi connectivity index (χ2n) is 3.73. The monoisotopic (exact) mass is 232 g/mol. The Morgan fingerprint density at radius 1 is 1.50 bits per heavy atom. The number of nitrogens with one attached hydrogen (secondary N) is 2. The molecule has 0 heterocycles. The van der Waals surface area contributed by atoms with Crippen LogP contribution < -0.4 is 10.6 Å². The number of aliphatic hydroxyl groups is 1. The molecule has 0 saturated heterocycles. The number of methoxy groups -OCH3 is 1. The van der Waals surface area contributed by atoms with Gasteiger partial charge in [-0.1, -0.05) is 0 Å². The molecule has 0 spiro atoms. The van der Waals surface area contributed by atoms with Crippen molar-refractivity contribution in [3.05, 3.63) is 0 Å². The highest BCUT2D eigenvalue weighted by Gasteiger charge is 2.30. The van der Waals surface area contributed by atoms with Crippen molar-refractivity contribution in [2.24, 2.45) is 0 Å². The lowest BCUT2D eigenvalue weighted by molar-refractivity contribution is -0.146. The molecule has 0 radical (unpaired) electrons. The van der Waals surface area contributed by atoms with E-state index in [2.05, 4.69) is 10.6 Å². The lowest BCUT2D eigenvalue weighted by atomic mass is 9.89. The zero-order valence-electron chi connectivity index (χ0n) is 8.97. The lowest BCUT2D eigenvalue weighted by Crippen LogP contribution is -2.52. The number of hydrogen-bond acceptors (Lipinski definition) is 4. The molecule has 16 heavy (non-hydrogen) atoms. The number of carbonyl (C=O) groups is 2. The number of rotatable bonds is 5. The smallest absolute Gasteiger partial charge is 0.334 e. The number of carboxylic acids is 1. The number of urea groups is 1. The minimum atomic E-state index is -1.57. The third-order valence-electron chi connectivity index (χ3n) is 2.50. The Bertz CT molecular complexity index is 265. The molecule has 2 amide bonds. The maximum atomic E-state index is 11.2. The van der Waals surface area contributed by atoms with Gasteiger partial charge in [-0.2, -0.15) is 0 Å². The highest BCUT2D eigenvalue weighted by molar-refractivity contribution is 5.76. The number of aliphatic hydroxyl groups excluding tert-OH is 1. The van der Waals surface area contributed by atoms with Crippen molar-refractivity contribution >= 4 is 12.0 Å². The summed E-state index contributed by atoms with van der Waals surface area (Å²) in [6, 6.07) is -0.410. The van der Waals surface area contributed by atoms with Crippen molar-refractivity contribution in [2.45, 2.75) is 31.1 Å². The van der Waals surface area contributed by atoms with E-state index in [1.165, 1.54) is 0 Å². The highest BCUT2D eigenvalue weighted by atomic mass is 16.5. The number of aliphatic carboxylic acids is 1. The van der Waals surface area contributed by atoms with Gasteiger partial charge in [0.2, 0.25) is 0 Å². The van der Waals surface area contributed by atoms with Crippen molar-refractivity contribution < 1.29 is 24.5 Å². The molecule has 1 aliphatic rings. The quantitative estimate of drug-likeness (QED) is 0.481. The summed E-state index contributed by atoms with van der Waals surface area (Å²) in [4.78, 5) is 21.4. The van der Waals surface area contributed by atoms with Crippen LogP contribution in [0, 0.1) is 0 Å². The van der Waals surface area contributed by atoms with Crippen LogP contribution in [0.15, 0.2) is 0 Å². The minimum absolute atomic E-state index is 0.0620. The Hall–Kier alpha value is -1.34. The van der Waals surface area contributed by atoms with Gasteiger partial charge < -0.3 is 25.6 Å². The molecule has 4 N–H and O–H groups in total. The van der Waals surface area contributed by atoms with Crippen LogP contribution in [-0.2, 0) is 9.53 Å². The average Bonchev–Trinajstić information content (AvgIpc) is 2.18. The average molecular weight is 232 g/mol. The molecule has 1 atom stereocenters. The fourth-order valence-corrected chi connectivity index (χ4v) is 1.39. The second-order valence-corrected chi connectivity index (χ2v) is 3.73. The van der Waals surface area contributed by atoms with E-state index in [1.807, 2.05) is 0 Å². The van der Waals surface area contributed by atoms with Crippen molar-refractivity contribution in [1.82, 2.24) is 10.6 Å². The summed E-state index contributed by atoms with van der Waals surface area (Å²) < 4.78 is 5.04. The Morgan fingerprint density at radius 2 is 2.12 bits per heavy atom. The summed E-state index contributed by atoms with van der Waals surface area (Å²) >= 11 is 0. The van der Waals surface area contributed by atoms with E-state index in [1.54, 1.807) is 7.11 Å². The third kappa shape index (κ3) is 3.67. The minimum Gasteiger partial charge on any atom is -0.479 e. The maximum Gasteiger partial charge on any atom is 0.334 e. The Morgan fingerprint density at radius 3 is 2.62 bits per heavy atom. The van der Waals surface area contributed by atoms with Gasteiger partial charge in [-0.05, 0) is 12.8 Å². The van der Waals surface area contributed by atoms with Crippen molar-refractivity contribution in [3.63, 3.8) is 0 Å². The molecule has 1 unspecified atom stereocenters. The first-order chi connectivity index (χ1) is 7.52. The van der Waals surface area contributed by atoms with E-state index in [0.717, 1.165) is 12.8 Å². The molecule has 7 heteroatoms. The maximum absolute atomic E-state index is 11.2. The van der Waals surface area contributed by atoms with Crippen LogP contribution in [0.4, 0.5) is 4.79 Å². The molecule has 1 saturated carbocycles. The predicted molar refractivity (Wildman–Crippen MR) is 54.0 cm³/mol. The molecule has 92 valence electrons. The molecule has 0 aromatic rings. The van der Waals surface area contributed by atoms with E-state index < -0.39 is 18.1 Å². The third-order valence-corrected chi connectivity index (χ3v) is 2.50. The van der Waals surface area contributed by atoms with Gasteiger partial charge in [-0.15, -0.1) is 0 Å². The fraction of sp³-hybridized carbons (Fsp3) is 0.778. The van der Waals surface area contributed by atoms with Crippen LogP contribution >= 0.6 is 0 Å². The molecule has 7 nitrogen and oxygen atoms in total. The molecule has 1 rings (SSSR count). The Balaban J connectivity index is 2.10. The van der Waals surface area contributed by atoms with Crippen molar-refractivity contribution in [1.29, 1.82) is 0 Å². The second kappa shape index (κ2) is 5.66. The first kappa shape index (κ1) is 12.7. The highest BCUT2D eigenvalue weighted by Crippen LogP contribution is 2.22. The SMILES string of the molecule is COC1CC(NC(=O)NCC(O)C(=O)O)C1. The standard InChI is InChI=1S/C9H16N2O5/c1-16-6-2-5(3-6)11-9(15)10-4-7(12)8(13)14/h5-7,12H,2-4H2,1H3,(H,13,14)(H2,10,11,15). The summed E-state index contributed by atoms with van der Waals surface area (Å²) in [7, 11) is 1.62. The van der Waals surface area contributed by atoms with Gasteiger partial charge in [0.05, 0.1) is 12.6 Å². The molecular weight excluding hydrogens is 216 g/mol. The summed E-state index contributed by atoms with van der Waals surface area (Å²) in [5.74, 6) is -1.36. The molecule has 1 fully saturated rings. The molecule has 0 aromatic carbocycles. The number of hydrogen-bond donors (Lipinski definition) is 4. The van der Waals surface area contributed by atoms with Crippen molar-refractivity contribution in [2.75, 3.05) is 13.7 Å². The van der Waals surface area contributed by atoms with E-state index >= 15 is 0 Å². The Labute approximate surface area is 92.8 Å². The van der Waals surface area contributed by atoms with Gasteiger partial charge in [0.15, 0.2) is 6.10 Å². The van der Waals surface area contributed by atoms with E-state index in [0.29, 0.717) is 0 Å². The van der Waals surface area contributed by atoms with Crippen LogP contribution in [0.1, 0.15) is 12.8 Å². The van der Waals surface area contributed by atoms with Crippen LogP contribution in [-0.4, -0.2) is 54.1 Å². The van der Waals surface area contributed by atoms with Gasteiger partial charge in [-0.25, -0.2) is 9.59 Å². The normalized spacial score (nSPS) is 25.4. The largest absolute Gasteiger partial charge is 0.479 e. The lowest BCUT2D eigenvalue weighted by Gasteiger charge is -2.34. The van der Waals surface area contributed by atoms with Gasteiger partial charge >= 0.3 is 12.0 Å². The Kier molecular flexibility index (Phi) is 4.51. The van der Waals surface area contributed by atoms with Crippen LogP contribution in [0.2, 0.25) is 0 Å². The number of ether oxygens (including phenoxy) is 1. The molecular formula is C9H16N2O5. The van der Waals surface area contributed by atoms with E-state index in [9.17, 15) is 9.59 Å². The van der Waals surface area contributed by atoms with E-state index in [-0.39, 0.29) is 18.7 Å². The molecule has 0 bridgehead atoms. The molecule has 0 aliphatic heterocycles. The summed E-state index contributed by atoms with van der Waals surface area (Å²) in [6.07, 6.45) is 0.130. The van der Waals surface area contributed by atoms with Gasteiger partial charge in [-0.3, -0.25) is 0 Å². The zero-order chi connectivity index (χ0) is 12.1. The molecule has 0 aromatic heterocycles. The van der Waals surface area contributed by atoms with Crippen LogP contribution in [0.25, 0.3) is 0 Å². The van der Waals surface area contributed by atoms with Crippen molar-refractivity contribution in [3.8, 4) is 0 Å². The van der Waals surface area contributed by atoms with Crippen LogP contribution in [0.3, 0.4) is 0 Å². The summed E-state index contributed by atoms with van der Waals surface area (Å²) in [5, 5.41) is 22.2. The van der Waals surface area contributed by atoms with E-state index in [4.69, 9.17) is 14.9 Å². The topological polar surface area (TPSA) is 108 Å². The first-order valence-electron chi connectivity index (χ1n) is 5.01. The number of amides is 2. The van der Waals surface area contributed by atoms with Gasteiger partial charge in [0, 0.05) is 13.2 Å². The molecule has 1 aliphatic carbocycles. The summed E-state index contributed by atoms with van der Waals surface area (Å²) in [6.45, 7) is -0.304. The van der Waals surface area contributed by atoms with Gasteiger partial charge in [0.1, 0.15) is 0 Å². The van der Waals surface area contributed by atoms with Gasteiger partial charge in [0.25, 0.3) is 0 Å². The predicted octanol–water partition coefficient (Wildman–Crippen LogP) is -1.09. The summed E-state index contributed by atoms with van der Waals surface area (Å²) in [5.41, 5.74) is 0. The fourth-order valence-electron chi connectivity index (χ4n) is 1.39.